The topological polar surface area (TPSA) is 90.5 Å². The molecule has 0 spiro atoms. The first-order valence-electron chi connectivity index (χ1n) is 10.4. The van der Waals surface area contributed by atoms with Crippen molar-refractivity contribution in [1.82, 2.24) is 14.2 Å². The first-order valence-corrected chi connectivity index (χ1v) is 12.7. The number of aryl methyl sites for hydroxylation is 1. The zero-order valence-electron chi connectivity index (χ0n) is 17.7. The van der Waals surface area contributed by atoms with Crippen LogP contribution < -0.4 is 4.87 Å². The minimum atomic E-state index is -3.75. The molecule has 1 aliphatic rings. The maximum atomic E-state index is 13.2. The number of hydrogen-bond donors (Lipinski definition) is 1. The number of thiazole rings is 1. The molecular weight excluding hydrogens is 446 g/mol. The largest absolute Gasteiger partial charge is 0.340 e. The van der Waals surface area contributed by atoms with Gasteiger partial charge in [-0.15, -0.1) is 0 Å². The smallest absolute Gasteiger partial charge is 0.305 e. The molecule has 0 atom stereocenters. The molecule has 1 fully saturated rings. The van der Waals surface area contributed by atoms with Crippen molar-refractivity contribution in [2.75, 3.05) is 26.2 Å². The summed E-state index contributed by atoms with van der Waals surface area (Å²) in [6.07, 6.45) is 0.319. The number of nitrogens with one attached hydrogen (secondary N) is 1. The van der Waals surface area contributed by atoms with Gasteiger partial charge < -0.3 is 9.88 Å². The van der Waals surface area contributed by atoms with Gasteiger partial charge in [-0.3, -0.25) is 9.59 Å². The highest BCUT2D eigenvalue weighted by Crippen LogP contribution is 2.29. The minimum Gasteiger partial charge on any atom is -0.340 e. The van der Waals surface area contributed by atoms with Crippen molar-refractivity contribution >= 4 is 27.3 Å². The molecule has 32 heavy (non-hydrogen) atoms. The zero-order valence-corrected chi connectivity index (χ0v) is 19.4. The number of nitrogens with zero attached hydrogens (tertiary/aromatic N) is 2. The SMILES string of the molecule is Cc1[nH]c(=O)sc1S(=O)(=O)N1CCN(C(=O)CC(c2ccccc2)c2ccccc2)CC1. The molecule has 0 unspecified atom stereocenters. The third kappa shape index (κ3) is 4.69. The Bertz CT molecular complexity index is 1190. The molecule has 2 aromatic carbocycles. The minimum absolute atomic E-state index is 0.00207. The summed E-state index contributed by atoms with van der Waals surface area (Å²) in [5, 5.41) is 0. The number of H-pyrrole nitrogens is 1. The Morgan fingerprint density at radius 2 is 1.50 bits per heavy atom. The van der Waals surface area contributed by atoms with E-state index < -0.39 is 10.0 Å². The fourth-order valence-corrected chi connectivity index (χ4v) is 6.89. The summed E-state index contributed by atoms with van der Waals surface area (Å²) in [7, 11) is -3.75. The van der Waals surface area contributed by atoms with Gasteiger partial charge in [-0.25, -0.2) is 8.42 Å². The van der Waals surface area contributed by atoms with Gasteiger partial charge in [0.05, 0.1) is 0 Å². The van der Waals surface area contributed by atoms with Gasteiger partial charge in [0.15, 0.2) is 4.21 Å². The van der Waals surface area contributed by atoms with Crippen molar-refractivity contribution in [2.24, 2.45) is 0 Å². The van der Waals surface area contributed by atoms with Gasteiger partial charge in [0, 0.05) is 44.2 Å². The predicted octanol–water partition coefficient (Wildman–Crippen LogP) is 2.80. The molecule has 4 rings (SSSR count). The van der Waals surface area contributed by atoms with Crippen molar-refractivity contribution < 1.29 is 13.2 Å². The number of piperazine rings is 1. The van der Waals surface area contributed by atoms with Crippen LogP contribution in [0.2, 0.25) is 0 Å². The fraction of sp³-hybridized carbons (Fsp3) is 0.304. The number of carbonyl (C=O) groups is 1. The molecule has 0 saturated carbocycles. The lowest BCUT2D eigenvalue weighted by molar-refractivity contribution is -0.132. The molecule has 9 heteroatoms. The number of aromatic amines is 1. The Morgan fingerprint density at radius 1 is 0.969 bits per heavy atom. The monoisotopic (exact) mass is 471 g/mol. The average Bonchev–Trinajstić information content (AvgIpc) is 3.17. The molecule has 1 N–H and O–H groups in total. The molecule has 168 valence electrons. The summed E-state index contributed by atoms with van der Waals surface area (Å²) >= 11 is 0.704. The Kier molecular flexibility index (Phi) is 6.59. The van der Waals surface area contributed by atoms with E-state index in [-0.39, 0.29) is 34.0 Å². The van der Waals surface area contributed by atoms with Crippen LogP contribution >= 0.6 is 11.3 Å². The fourth-order valence-electron chi connectivity index (χ4n) is 4.03. The van der Waals surface area contributed by atoms with Gasteiger partial charge in [-0.1, -0.05) is 72.0 Å². The van der Waals surface area contributed by atoms with Gasteiger partial charge in [-0.05, 0) is 18.1 Å². The normalized spacial score (nSPS) is 15.2. The van der Waals surface area contributed by atoms with Crippen molar-refractivity contribution in [1.29, 1.82) is 0 Å². The van der Waals surface area contributed by atoms with E-state index in [1.807, 2.05) is 60.7 Å². The lowest BCUT2D eigenvalue weighted by atomic mass is 9.88. The second-order valence-electron chi connectivity index (χ2n) is 7.79. The highest BCUT2D eigenvalue weighted by atomic mass is 32.2. The van der Waals surface area contributed by atoms with Crippen LogP contribution in [0.25, 0.3) is 0 Å². The second kappa shape index (κ2) is 9.40. The van der Waals surface area contributed by atoms with E-state index in [2.05, 4.69) is 4.98 Å². The number of carbonyl (C=O) groups excluding carboxylic acids is 1. The van der Waals surface area contributed by atoms with Crippen molar-refractivity contribution in [3.8, 4) is 0 Å². The summed E-state index contributed by atoms with van der Waals surface area (Å²) in [4.78, 5) is 28.6. The summed E-state index contributed by atoms with van der Waals surface area (Å²) in [5.41, 5.74) is 2.50. The van der Waals surface area contributed by atoms with E-state index in [1.54, 1.807) is 11.8 Å². The Hall–Kier alpha value is -2.75. The van der Waals surface area contributed by atoms with E-state index in [4.69, 9.17) is 0 Å². The number of hydrogen-bond acceptors (Lipinski definition) is 5. The first-order chi connectivity index (χ1) is 15.4. The maximum Gasteiger partial charge on any atom is 0.305 e. The van der Waals surface area contributed by atoms with Gasteiger partial charge in [0.2, 0.25) is 5.91 Å². The van der Waals surface area contributed by atoms with Crippen molar-refractivity contribution in [3.63, 3.8) is 0 Å². The van der Waals surface area contributed by atoms with Gasteiger partial charge in [0.25, 0.3) is 10.0 Å². The van der Waals surface area contributed by atoms with E-state index in [1.165, 1.54) is 4.31 Å². The van der Waals surface area contributed by atoms with E-state index in [9.17, 15) is 18.0 Å². The first kappa shape index (κ1) is 22.4. The average molecular weight is 472 g/mol. The number of amides is 1. The van der Waals surface area contributed by atoms with Crippen LogP contribution in [0.4, 0.5) is 0 Å². The second-order valence-corrected chi connectivity index (χ2v) is 10.9. The lowest BCUT2D eigenvalue weighted by Gasteiger charge is -2.34. The van der Waals surface area contributed by atoms with Crippen molar-refractivity contribution in [2.45, 2.75) is 23.5 Å². The van der Waals surface area contributed by atoms with Gasteiger partial charge in [0.1, 0.15) is 0 Å². The highest BCUT2D eigenvalue weighted by Gasteiger charge is 2.33. The van der Waals surface area contributed by atoms with Gasteiger partial charge >= 0.3 is 4.87 Å². The summed E-state index contributed by atoms with van der Waals surface area (Å²) in [6, 6.07) is 19.9. The molecule has 0 radical (unpaired) electrons. The molecule has 1 aromatic heterocycles. The van der Waals surface area contributed by atoms with Crippen LogP contribution in [0.5, 0.6) is 0 Å². The highest BCUT2D eigenvalue weighted by molar-refractivity contribution is 7.91. The zero-order chi connectivity index (χ0) is 22.7. The molecule has 1 aliphatic heterocycles. The predicted molar refractivity (Wildman–Crippen MR) is 124 cm³/mol. The Balaban J connectivity index is 1.46. The summed E-state index contributed by atoms with van der Waals surface area (Å²) in [6.45, 7) is 2.65. The van der Waals surface area contributed by atoms with Crippen LogP contribution in [0, 0.1) is 6.92 Å². The van der Waals surface area contributed by atoms with E-state index in [0.29, 0.717) is 36.5 Å². The molecule has 0 bridgehead atoms. The maximum absolute atomic E-state index is 13.2. The van der Waals surface area contributed by atoms with Crippen LogP contribution in [0.3, 0.4) is 0 Å². The summed E-state index contributed by atoms with van der Waals surface area (Å²) in [5.74, 6) is -0.0614. The number of sulfonamides is 1. The molecule has 1 amide bonds. The number of rotatable bonds is 6. The third-order valence-electron chi connectivity index (χ3n) is 5.73. The quantitative estimate of drug-likeness (QED) is 0.599. The molecule has 0 aliphatic carbocycles. The van der Waals surface area contributed by atoms with Gasteiger partial charge in [-0.2, -0.15) is 4.31 Å². The third-order valence-corrected chi connectivity index (χ3v) is 9.21. The molecular formula is C23H25N3O4S2. The number of aromatic nitrogens is 1. The van der Waals surface area contributed by atoms with Crippen molar-refractivity contribution in [3.05, 3.63) is 87.2 Å². The Labute approximate surface area is 191 Å². The molecule has 2 heterocycles. The molecule has 3 aromatic rings. The van der Waals surface area contributed by atoms with Crippen LogP contribution in [0.15, 0.2) is 69.7 Å². The van der Waals surface area contributed by atoms with Crippen LogP contribution in [-0.2, 0) is 14.8 Å². The van der Waals surface area contributed by atoms with E-state index >= 15 is 0 Å². The molecule has 1 saturated heterocycles. The summed E-state index contributed by atoms with van der Waals surface area (Å²) < 4.78 is 27.2. The standard InChI is InChI=1S/C23H25N3O4S2/c1-17-22(31-23(28)24-17)32(29,30)26-14-12-25(13-15-26)21(27)16-20(18-8-4-2-5-9-18)19-10-6-3-7-11-19/h2-11,20H,12-16H2,1H3,(H,24,28). The Morgan fingerprint density at radius 3 is 1.97 bits per heavy atom. The van der Waals surface area contributed by atoms with Crippen LogP contribution in [0.1, 0.15) is 29.2 Å². The van der Waals surface area contributed by atoms with Crippen LogP contribution in [-0.4, -0.2) is 54.7 Å². The van der Waals surface area contributed by atoms with E-state index in [0.717, 1.165) is 11.1 Å². The lowest BCUT2D eigenvalue weighted by Crippen LogP contribution is -2.50. The number of benzene rings is 2. The molecule has 7 nitrogen and oxygen atoms in total.